The number of ether oxygens (including phenoxy) is 2. The molecule has 2 fully saturated rings. The minimum Gasteiger partial charge on any atom is -0.355 e. The van der Waals surface area contributed by atoms with Gasteiger partial charge in [0, 0.05) is 26.5 Å². The molecule has 2 aliphatic heterocycles. The van der Waals surface area contributed by atoms with Crippen molar-refractivity contribution in [1.29, 1.82) is 0 Å². The van der Waals surface area contributed by atoms with E-state index in [1.165, 1.54) is 0 Å². The number of hydrogen-bond acceptors (Lipinski definition) is 5. The molecule has 18 heavy (non-hydrogen) atoms. The average molecular weight is 254 g/mol. The summed E-state index contributed by atoms with van der Waals surface area (Å²) in [6.45, 7) is 4.86. The fourth-order valence-electron chi connectivity index (χ4n) is 2.25. The molecule has 2 unspecified atom stereocenters. The van der Waals surface area contributed by atoms with Crippen LogP contribution in [0.2, 0.25) is 0 Å². The third kappa shape index (κ3) is 2.95. The Labute approximate surface area is 106 Å². The van der Waals surface area contributed by atoms with Crippen LogP contribution in [0.4, 0.5) is 0 Å². The molecule has 2 heterocycles. The number of hydrogen-bond donors (Lipinski definition) is 1. The maximum Gasteiger partial charge on any atom is 0.243 e. The predicted octanol–water partition coefficient (Wildman–Crippen LogP) is 0.000100. The summed E-state index contributed by atoms with van der Waals surface area (Å²) in [7, 11) is 1.58. The number of methoxy groups -OCH3 is 1. The zero-order valence-electron chi connectivity index (χ0n) is 10.5. The maximum atomic E-state index is 11.8. The van der Waals surface area contributed by atoms with Crippen LogP contribution in [0, 0.1) is 0 Å². The highest BCUT2D eigenvalue weighted by atomic mass is 16.7. The first kappa shape index (κ1) is 13.2. The topological polar surface area (TPSA) is 67.9 Å². The van der Waals surface area contributed by atoms with E-state index in [0.29, 0.717) is 32.5 Å². The third-order valence-electron chi connectivity index (χ3n) is 3.22. The second-order valence-corrected chi connectivity index (χ2v) is 4.63. The molecular weight excluding hydrogens is 236 g/mol. The first-order valence-electron chi connectivity index (χ1n) is 5.99. The number of imide groups is 1. The van der Waals surface area contributed by atoms with Crippen LogP contribution >= 0.6 is 0 Å². The van der Waals surface area contributed by atoms with Gasteiger partial charge in [-0.05, 0) is 6.42 Å². The number of carbonyl (C=O) groups excluding carboxylic acids is 2. The van der Waals surface area contributed by atoms with E-state index in [1.54, 1.807) is 7.11 Å². The van der Waals surface area contributed by atoms with Gasteiger partial charge in [-0.15, -0.1) is 0 Å². The van der Waals surface area contributed by atoms with Crippen molar-refractivity contribution in [3.05, 3.63) is 12.2 Å². The van der Waals surface area contributed by atoms with Crippen LogP contribution in [0.25, 0.3) is 0 Å². The van der Waals surface area contributed by atoms with Gasteiger partial charge < -0.3 is 9.47 Å². The molecular formula is C12H18N2O4. The van der Waals surface area contributed by atoms with E-state index in [0.717, 1.165) is 5.57 Å². The van der Waals surface area contributed by atoms with E-state index >= 15 is 0 Å². The van der Waals surface area contributed by atoms with Gasteiger partial charge in [-0.2, -0.15) is 0 Å². The summed E-state index contributed by atoms with van der Waals surface area (Å²) in [4.78, 5) is 24.8. The van der Waals surface area contributed by atoms with Crippen molar-refractivity contribution in [2.45, 2.75) is 31.6 Å². The van der Waals surface area contributed by atoms with Crippen LogP contribution in [0.3, 0.4) is 0 Å². The van der Waals surface area contributed by atoms with Gasteiger partial charge in [-0.1, -0.05) is 12.2 Å². The molecule has 2 amide bonds. The molecule has 0 aromatic heterocycles. The van der Waals surface area contributed by atoms with E-state index in [-0.39, 0.29) is 24.1 Å². The molecule has 0 aromatic rings. The molecule has 0 aliphatic carbocycles. The largest absolute Gasteiger partial charge is 0.355 e. The summed E-state index contributed by atoms with van der Waals surface area (Å²) >= 11 is 0. The number of nitrogens with one attached hydrogen (secondary N) is 1. The summed E-state index contributed by atoms with van der Waals surface area (Å²) in [5.41, 5.74) is 0.962. The standard InChI is InChI=1S/C12H18N2O4/c1-8-5-11(17-2)18-7-14(6-8)9-3-4-10(15)13-12(9)16/h9,11H,1,3-7H2,2H3,(H,13,15,16). The smallest absolute Gasteiger partial charge is 0.243 e. The highest BCUT2D eigenvalue weighted by molar-refractivity contribution is 6.00. The average Bonchev–Trinajstić information content (AvgIpc) is 2.50. The lowest BCUT2D eigenvalue weighted by atomic mass is 10.0. The molecule has 0 radical (unpaired) electrons. The molecule has 6 heteroatoms. The van der Waals surface area contributed by atoms with Crippen LogP contribution in [-0.4, -0.2) is 49.4 Å². The van der Waals surface area contributed by atoms with Gasteiger partial charge in [0.25, 0.3) is 0 Å². The Kier molecular flexibility index (Phi) is 4.11. The minimum atomic E-state index is -0.324. The van der Waals surface area contributed by atoms with Crippen LogP contribution in [0.15, 0.2) is 12.2 Å². The van der Waals surface area contributed by atoms with Crippen molar-refractivity contribution >= 4 is 11.8 Å². The first-order chi connectivity index (χ1) is 8.60. The number of piperidine rings is 1. The quantitative estimate of drug-likeness (QED) is 0.555. The van der Waals surface area contributed by atoms with Crippen molar-refractivity contribution in [3.63, 3.8) is 0 Å². The molecule has 2 rings (SSSR count). The van der Waals surface area contributed by atoms with Gasteiger partial charge in [0.2, 0.25) is 11.8 Å². The van der Waals surface area contributed by atoms with Gasteiger partial charge in [-0.3, -0.25) is 19.8 Å². The van der Waals surface area contributed by atoms with E-state index in [1.807, 2.05) is 4.90 Å². The Morgan fingerprint density at radius 1 is 1.50 bits per heavy atom. The Morgan fingerprint density at radius 2 is 2.28 bits per heavy atom. The van der Waals surface area contributed by atoms with Gasteiger partial charge in [0.1, 0.15) is 6.73 Å². The van der Waals surface area contributed by atoms with Gasteiger partial charge in [0.05, 0.1) is 6.04 Å². The molecule has 2 atom stereocenters. The molecule has 6 nitrogen and oxygen atoms in total. The summed E-state index contributed by atoms with van der Waals surface area (Å²) in [5.74, 6) is -0.459. The van der Waals surface area contributed by atoms with Crippen LogP contribution < -0.4 is 5.32 Å². The van der Waals surface area contributed by atoms with E-state index < -0.39 is 0 Å². The van der Waals surface area contributed by atoms with Gasteiger partial charge >= 0.3 is 0 Å². The molecule has 1 N–H and O–H groups in total. The van der Waals surface area contributed by atoms with Crippen molar-refractivity contribution in [3.8, 4) is 0 Å². The van der Waals surface area contributed by atoms with E-state index in [2.05, 4.69) is 11.9 Å². The highest BCUT2D eigenvalue weighted by Gasteiger charge is 2.33. The second kappa shape index (κ2) is 5.60. The Balaban J connectivity index is 2.02. The van der Waals surface area contributed by atoms with E-state index in [4.69, 9.17) is 9.47 Å². The van der Waals surface area contributed by atoms with Crippen molar-refractivity contribution in [1.82, 2.24) is 10.2 Å². The number of nitrogens with zero attached hydrogens (tertiary/aromatic N) is 1. The maximum absolute atomic E-state index is 11.8. The molecule has 0 spiro atoms. The lowest BCUT2D eigenvalue weighted by Gasteiger charge is -2.31. The number of amides is 2. The van der Waals surface area contributed by atoms with Gasteiger partial charge in [-0.25, -0.2) is 0 Å². The zero-order valence-corrected chi connectivity index (χ0v) is 10.5. The summed E-state index contributed by atoms with van der Waals surface area (Å²) < 4.78 is 10.7. The highest BCUT2D eigenvalue weighted by Crippen LogP contribution is 2.20. The van der Waals surface area contributed by atoms with Crippen molar-refractivity contribution < 1.29 is 19.1 Å². The zero-order chi connectivity index (χ0) is 13.1. The van der Waals surface area contributed by atoms with Crippen LogP contribution in [-0.2, 0) is 19.1 Å². The molecule has 2 aliphatic rings. The Hall–Kier alpha value is -1.24. The summed E-state index contributed by atoms with van der Waals surface area (Å²) in [6, 6.07) is -0.324. The number of rotatable bonds is 2. The fraction of sp³-hybridized carbons (Fsp3) is 0.667. The molecule has 0 aromatic carbocycles. The summed E-state index contributed by atoms with van der Waals surface area (Å²) in [5, 5.41) is 2.35. The van der Waals surface area contributed by atoms with Gasteiger partial charge in [0.15, 0.2) is 6.29 Å². The predicted molar refractivity (Wildman–Crippen MR) is 63.4 cm³/mol. The normalized spacial score (nSPS) is 31.1. The van der Waals surface area contributed by atoms with Crippen molar-refractivity contribution in [2.24, 2.45) is 0 Å². The monoisotopic (exact) mass is 254 g/mol. The summed E-state index contributed by atoms with van der Waals surface area (Å²) in [6.07, 6.45) is 1.21. The van der Waals surface area contributed by atoms with Crippen LogP contribution in [0.1, 0.15) is 19.3 Å². The first-order valence-corrected chi connectivity index (χ1v) is 5.99. The lowest BCUT2D eigenvalue weighted by molar-refractivity contribution is -0.155. The molecule has 100 valence electrons. The fourth-order valence-corrected chi connectivity index (χ4v) is 2.25. The third-order valence-corrected chi connectivity index (χ3v) is 3.22. The Bertz CT molecular complexity index is 369. The lowest BCUT2D eigenvalue weighted by Crippen LogP contribution is -2.53. The molecule has 0 bridgehead atoms. The van der Waals surface area contributed by atoms with Crippen molar-refractivity contribution in [2.75, 3.05) is 20.4 Å². The SMILES string of the molecule is C=C1CC(OC)OCN(C2CCC(=O)NC2=O)C1. The van der Waals surface area contributed by atoms with Crippen LogP contribution in [0.5, 0.6) is 0 Å². The Morgan fingerprint density at radius 3 is 2.94 bits per heavy atom. The molecule has 2 saturated heterocycles. The second-order valence-electron chi connectivity index (χ2n) is 4.63. The molecule has 0 saturated carbocycles. The minimum absolute atomic E-state index is 0.208. The van der Waals surface area contributed by atoms with E-state index in [9.17, 15) is 9.59 Å². The number of carbonyl (C=O) groups is 2.